The summed E-state index contributed by atoms with van der Waals surface area (Å²) in [4.78, 5) is 18.6. The van der Waals surface area contributed by atoms with Crippen LogP contribution in [0.4, 0.5) is 0 Å². The Labute approximate surface area is 108 Å². The molecule has 1 rings (SSSR count). The van der Waals surface area contributed by atoms with E-state index in [1.165, 1.54) is 0 Å². The number of rotatable bonds is 3. The van der Waals surface area contributed by atoms with Crippen molar-refractivity contribution in [2.24, 2.45) is 0 Å². The predicted molar refractivity (Wildman–Crippen MR) is 62.1 cm³/mol. The third kappa shape index (κ3) is 12.2. The zero-order valence-corrected chi connectivity index (χ0v) is 11.3. The number of hydrogen-bond donors (Lipinski definition) is 1. The van der Waals surface area contributed by atoms with Gasteiger partial charge in [0.2, 0.25) is 0 Å². The van der Waals surface area contributed by atoms with E-state index in [4.69, 9.17) is 16.7 Å². The molecule has 0 aliphatic carbocycles. The Hall–Kier alpha value is -0.0212. The maximum Gasteiger partial charge on any atom is 2.00 e. The van der Waals surface area contributed by atoms with E-state index in [1.54, 1.807) is 12.1 Å². The SMILES string of the molecule is O=[PH]([O-])O[PH](=O)[O-].OC(Cl)c1ccccc1.[Be+2]. The van der Waals surface area contributed by atoms with Crippen LogP contribution in [0.3, 0.4) is 0 Å². The molecule has 92 valence electrons. The minimum atomic E-state index is -3.51. The second kappa shape index (κ2) is 11.1. The van der Waals surface area contributed by atoms with Crippen LogP contribution in [-0.4, -0.2) is 15.2 Å². The molecule has 0 amide bonds. The molecule has 17 heavy (non-hydrogen) atoms. The molecule has 1 aromatic rings. The Morgan fingerprint density at radius 1 is 1.18 bits per heavy atom. The van der Waals surface area contributed by atoms with Crippen LogP contribution in [0.1, 0.15) is 11.1 Å². The van der Waals surface area contributed by atoms with Gasteiger partial charge in [0.25, 0.3) is 0 Å². The van der Waals surface area contributed by atoms with Crippen molar-refractivity contribution in [1.29, 1.82) is 0 Å². The van der Waals surface area contributed by atoms with E-state index in [-0.39, 0.29) is 10.1 Å². The summed E-state index contributed by atoms with van der Waals surface area (Å²) in [6, 6.07) is 9.10. The van der Waals surface area contributed by atoms with Crippen molar-refractivity contribution in [3.63, 3.8) is 0 Å². The van der Waals surface area contributed by atoms with Crippen molar-refractivity contribution in [3.05, 3.63) is 35.9 Å². The van der Waals surface area contributed by atoms with Crippen LogP contribution in [0, 0.1) is 0 Å². The molecule has 0 fully saturated rings. The van der Waals surface area contributed by atoms with Gasteiger partial charge in [0.1, 0.15) is 16.5 Å². The van der Waals surface area contributed by atoms with Gasteiger partial charge in [0.05, 0.1) is 0 Å². The number of alkyl halides is 1. The van der Waals surface area contributed by atoms with Crippen molar-refractivity contribution < 1.29 is 28.3 Å². The molecular weight excluding hydrogens is 286 g/mol. The molecule has 1 N–H and O–H groups in total. The molecule has 0 bridgehead atoms. The molecule has 1 aromatic carbocycles. The molecule has 0 saturated heterocycles. The predicted octanol–water partition coefficient (Wildman–Crippen LogP) is 0.0385. The topological polar surface area (TPSA) is 110 Å². The maximum absolute atomic E-state index is 9.29. The van der Waals surface area contributed by atoms with Crippen LogP contribution >= 0.6 is 28.1 Å². The first-order valence-corrected chi connectivity index (χ1v) is 6.79. The largest absolute Gasteiger partial charge is 2.00 e. The molecule has 0 aromatic heterocycles. The van der Waals surface area contributed by atoms with Gasteiger partial charge in [-0.25, -0.2) is 0 Å². The van der Waals surface area contributed by atoms with Gasteiger partial charge in [-0.05, 0) is 5.56 Å². The summed E-state index contributed by atoms with van der Waals surface area (Å²) in [6.07, 6.45) is 0. The molecule has 0 radical (unpaired) electrons. The number of hydrogen-bond acceptors (Lipinski definition) is 6. The smallest absolute Gasteiger partial charge is 0.781 e. The van der Waals surface area contributed by atoms with Gasteiger partial charge >= 0.3 is 10.1 Å². The van der Waals surface area contributed by atoms with Gasteiger partial charge in [-0.15, -0.1) is 0 Å². The Bertz CT molecular complexity index is 337. The Kier molecular flexibility index (Phi) is 12.6. The van der Waals surface area contributed by atoms with Gasteiger partial charge in [-0.3, -0.25) is 4.31 Å². The molecule has 3 unspecified atom stereocenters. The number of aliphatic hydroxyl groups is 1. The van der Waals surface area contributed by atoms with Gasteiger partial charge in [0.15, 0.2) is 5.56 Å². The average molecular weight is 296 g/mol. The molecule has 0 saturated carbocycles. The number of halogens is 1. The van der Waals surface area contributed by atoms with Crippen molar-refractivity contribution in [2.45, 2.75) is 5.56 Å². The third-order valence-corrected chi connectivity index (χ3v) is 2.83. The summed E-state index contributed by atoms with van der Waals surface area (Å²) in [6.45, 7) is 0. The fourth-order valence-electron chi connectivity index (χ4n) is 0.680. The van der Waals surface area contributed by atoms with Crippen molar-refractivity contribution in [1.82, 2.24) is 0 Å². The monoisotopic (exact) mass is 295 g/mol. The molecule has 0 aliphatic rings. The first kappa shape index (κ1) is 19.3. The molecule has 0 spiro atoms. The van der Waals surface area contributed by atoms with Gasteiger partial charge in [-0.2, -0.15) is 0 Å². The fraction of sp³-hybridized carbons (Fsp3) is 0.143. The second-order valence-corrected chi connectivity index (χ2v) is 4.58. The first-order chi connectivity index (χ1) is 7.43. The van der Waals surface area contributed by atoms with Crippen LogP contribution < -0.4 is 9.79 Å². The number of aliphatic hydroxyl groups excluding tert-OH is 1. The zero-order chi connectivity index (χ0) is 12.6. The van der Waals surface area contributed by atoms with E-state index in [0.29, 0.717) is 0 Å². The van der Waals surface area contributed by atoms with E-state index in [9.17, 15) is 18.9 Å². The molecule has 6 nitrogen and oxygen atoms in total. The van der Waals surface area contributed by atoms with Gasteiger partial charge < -0.3 is 24.0 Å². The van der Waals surface area contributed by atoms with Crippen LogP contribution in [0.15, 0.2) is 30.3 Å². The third-order valence-electron chi connectivity index (χ3n) is 1.24. The molecule has 10 heteroatoms. The van der Waals surface area contributed by atoms with E-state index >= 15 is 0 Å². The summed E-state index contributed by atoms with van der Waals surface area (Å²) in [5.41, 5.74) is -0.134. The van der Waals surface area contributed by atoms with Crippen LogP contribution in [0.25, 0.3) is 0 Å². The average Bonchev–Trinajstić information content (AvgIpc) is 2.17. The first-order valence-electron chi connectivity index (χ1n) is 3.90. The van der Waals surface area contributed by atoms with Crippen molar-refractivity contribution in [2.75, 3.05) is 0 Å². The summed E-state index contributed by atoms with van der Waals surface area (Å²) in [7, 11) is -7.03. The van der Waals surface area contributed by atoms with E-state index in [2.05, 4.69) is 4.31 Å². The molecular formula is C7H9BeClO6P2. The van der Waals surface area contributed by atoms with E-state index in [1.807, 2.05) is 18.2 Å². The Morgan fingerprint density at radius 3 is 1.76 bits per heavy atom. The quantitative estimate of drug-likeness (QED) is 0.479. The maximum atomic E-state index is 9.29. The normalized spacial score (nSPS) is 14.6. The summed E-state index contributed by atoms with van der Waals surface area (Å²) < 4.78 is 21.8. The van der Waals surface area contributed by atoms with E-state index < -0.39 is 22.1 Å². The van der Waals surface area contributed by atoms with Crippen molar-refractivity contribution in [3.8, 4) is 0 Å². The number of benzene rings is 1. The van der Waals surface area contributed by atoms with Gasteiger partial charge in [0, 0.05) is 0 Å². The van der Waals surface area contributed by atoms with Crippen LogP contribution in [0.5, 0.6) is 0 Å². The summed E-state index contributed by atoms with van der Waals surface area (Å²) in [5.74, 6) is 0. The summed E-state index contributed by atoms with van der Waals surface area (Å²) >= 11 is 5.36. The minimum Gasteiger partial charge on any atom is -0.781 e. The minimum absolute atomic E-state index is 0. The van der Waals surface area contributed by atoms with E-state index in [0.717, 1.165) is 5.56 Å². The summed E-state index contributed by atoms with van der Waals surface area (Å²) in [5, 5.41) is 8.79. The second-order valence-electron chi connectivity index (χ2n) is 2.35. The van der Waals surface area contributed by atoms with Crippen molar-refractivity contribution >= 4 is 38.2 Å². The van der Waals surface area contributed by atoms with Crippen LogP contribution in [0.2, 0.25) is 0 Å². The zero-order valence-electron chi connectivity index (χ0n) is 8.54. The molecule has 3 atom stereocenters. The van der Waals surface area contributed by atoms with Gasteiger partial charge in [-0.1, -0.05) is 41.9 Å². The molecule has 0 heterocycles. The Morgan fingerprint density at radius 2 is 1.59 bits per heavy atom. The van der Waals surface area contributed by atoms with Crippen LogP contribution in [-0.2, 0) is 13.4 Å². The molecule has 0 aliphatic heterocycles. The Balaban J connectivity index is 0. The standard InChI is InChI=1S/C7H7ClO.Be.H4O5P2/c8-7(9)6-4-2-1-3-5-6;;1-6(2)5-7(3)4/h1-5,7,9H;;6-7H,(H,1,2)(H,3,4)/q;+2;/p-2. The fourth-order valence-corrected chi connectivity index (χ4v) is 1.37.